The predicted molar refractivity (Wildman–Crippen MR) is 147 cm³/mol. The molecule has 0 spiro atoms. The lowest BCUT2D eigenvalue weighted by Gasteiger charge is -2.28. The second-order valence-electron chi connectivity index (χ2n) is 9.78. The van der Waals surface area contributed by atoms with Gasteiger partial charge >= 0.3 is 0 Å². The number of imidazole rings is 1. The third-order valence-corrected chi connectivity index (χ3v) is 7.37. The van der Waals surface area contributed by atoms with Gasteiger partial charge < -0.3 is 29.4 Å². The summed E-state index contributed by atoms with van der Waals surface area (Å²) in [5, 5.41) is 19.0. The maximum absolute atomic E-state index is 11.8. The van der Waals surface area contributed by atoms with E-state index in [4.69, 9.17) is 19.6 Å². The molecule has 3 heterocycles. The summed E-state index contributed by atoms with van der Waals surface area (Å²) in [6.07, 6.45) is 0.437. The number of fused-ring (bicyclic) bond motifs is 1. The summed E-state index contributed by atoms with van der Waals surface area (Å²) >= 11 is 0. The smallest absolute Gasteiger partial charge is 0.248 e. The number of benzene rings is 3. The Labute approximate surface area is 226 Å². The summed E-state index contributed by atoms with van der Waals surface area (Å²) in [5.41, 5.74) is 6.13. The van der Waals surface area contributed by atoms with Crippen LogP contribution in [0.15, 0.2) is 60.7 Å². The topological polar surface area (TPSA) is 115 Å². The van der Waals surface area contributed by atoms with Crippen LogP contribution in [0.4, 0.5) is 5.69 Å². The number of nitrogens with one attached hydrogen (secondary N) is 1. The molecule has 2 N–H and O–H groups in total. The highest BCUT2D eigenvalue weighted by Crippen LogP contribution is 2.33. The molecule has 2 aliphatic heterocycles. The first-order valence-electron chi connectivity index (χ1n) is 13.1. The van der Waals surface area contributed by atoms with Crippen LogP contribution in [0.5, 0.6) is 5.75 Å². The van der Waals surface area contributed by atoms with E-state index in [1.165, 1.54) is 5.69 Å². The number of aromatic amines is 1. The molecule has 0 unspecified atom stereocenters. The molecule has 2 saturated heterocycles. The molecular weight excluding hydrogens is 494 g/mol. The summed E-state index contributed by atoms with van der Waals surface area (Å²) in [6, 6.07) is 22.2. The number of aliphatic hydroxyl groups excluding tert-OH is 1. The number of para-hydroxylation sites is 1. The average molecular weight is 524 g/mol. The largest absolute Gasteiger partial charge is 0.487 e. The second kappa shape index (κ2) is 10.8. The van der Waals surface area contributed by atoms with Gasteiger partial charge in [-0.25, -0.2) is 4.98 Å². The van der Waals surface area contributed by atoms with Crippen molar-refractivity contribution in [2.45, 2.75) is 12.5 Å². The zero-order chi connectivity index (χ0) is 26.8. The first-order chi connectivity index (χ1) is 19.1. The number of nitriles is 1. The summed E-state index contributed by atoms with van der Waals surface area (Å²) < 4.78 is 11.5. The van der Waals surface area contributed by atoms with E-state index < -0.39 is 6.61 Å². The SMILES string of the molecule is N#Cc1cc(-c2cccc3[nH]c(-c4ccc(N5CCOCC5)cc4)nc23)ccc1O[C@@H]1CCN(C(=O)CO)C1. The van der Waals surface area contributed by atoms with E-state index in [0.29, 0.717) is 30.8 Å². The summed E-state index contributed by atoms with van der Waals surface area (Å²) in [6.45, 7) is 3.71. The molecule has 3 aromatic carbocycles. The first-order valence-corrected chi connectivity index (χ1v) is 13.1. The number of aromatic nitrogens is 2. The number of carbonyl (C=O) groups excluding carboxylic acids is 1. The molecule has 4 aromatic rings. The third-order valence-electron chi connectivity index (χ3n) is 7.37. The molecule has 0 radical (unpaired) electrons. The summed E-state index contributed by atoms with van der Waals surface area (Å²) in [7, 11) is 0. The van der Waals surface area contributed by atoms with E-state index >= 15 is 0 Å². The minimum atomic E-state index is -0.509. The van der Waals surface area contributed by atoms with Crippen molar-refractivity contribution in [3.63, 3.8) is 0 Å². The molecule has 0 bridgehead atoms. The van der Waals surface area contributed by atoms with Crippen LogP contribution in [0.1, 0.15) is 12.0 Å². The van der Waals surface area contributed by atoms with Crippen LogP contribution in [0, 0.1) is 11.3 Å². The number of aliphatic hydroxyl groups is 1. The average Bonchev–Trinajstić information content (AvgIpc) is 3.65. The van der Waals surface area contributed by atoms with Gasteiger partial charge in [-0.05, 0) is 48.0 Å². The van der Waals surface area contributed by atoms with E-state index in [9.17, 15) is 10.1 Å². The number of anilines is 1. The molecular formula is C30H29N5O4. The highest BCUT2D eigenvalue weighted by molar-refractivity contribution is 5.94. The first kappa shape index (κ1) is 24.9. The van der Waals surface area contributed by atoms with Crippen molar-refractivity contribution in [1.82, 2.24) is 14.9 Å². The van der Waals surface area contributed by atoms with Crippen LogP contribution in [0.25, 0.3) is 33.5 Å². The maximum atomic E-state index is 11.8. The molecule has 9 nitrogen and oxygen atoms in total. The van der Waals surface area contributed by atoms with E-state index in [-0.39, 0.29) is 12.0 Å². The van der Waals surface area contributed by atoms with Crippen LogP contribution >= 0.6 is 0 Å². The van der Waals surface area contributed by atoms with E-state index in [1.807, 2.05) is 30.3 Å². The van der Waals surface area contributed by atoms with Crippen LogP contribution in [-0.4, -0.2) is 78.0 Å². The molecule has 6 rings (SSSR count). The van der Waals surface area contributed by atoms with Gasteiger partial charge in [-0.3, -0.25) is 4.79 Å². The van der Waals surface area contributed by atoms with Crippen LogP contribution < -0.4 is 9.64 Å². The van der Waals surface area contributed by atoms with Crippen molar-refractivity contribution < 1.29 is 19.4 Å². The number of hydrogen-bond acceptors (Lipinski definition) is 7. The number of ether oxygens (including phenoxy) is 2. The number of rotatable bonds is 6. The van der Waals surface area contributed by atoms with Gasteiger partial charge in [0, 0.05) is 42.9 Å². The van der Waals surface area contributed by atoms with E-state index in [1.54, 1.807) is 11.0 Å². The maximum Gasteiger partial charge on any atom is 0.248 e. The van der Waals surface area contributed by atoms with Gasteiger partial charge in [0.1, 0.15) is 30.4 Å². The number of likely N-dealkylation sites (tertiary alicyclic amines) is 1. The normalized spacial score (nSPS) is 17.4. The van der Waals surface area contributed by atoms with Crippen molar-refractivity contribution in [2.75, 3.05) is 50.9 Å². The standard InChI is InChI=1S/C30H29N5O4/c31-17-22-16-21(6-9-27(22)39-24-10-11-35(18-24)28(37)19-36)25-2-1-3-26-29(25)33-30(32-26)20-4-7-23(8-5-20)34-12-14-38-15-13-34/h1-9,16,24,36H,10-15,18-19H2,(H,32,33)/t24-/m1/s1. The molecule has 1 atom stereocenters. The number of morpholine rings is 1. The Morgan fingerprint density at radius 3 is 2.67 bits per heavy atom. The van der Waals surface area contributed by atoms with Crippen molar-refractivity contribution in [3.05, 3.63) is 66.2 Å². The molecule has 198 valence electrons. The molecule has 2 fully saturated rings. The minimum absolute atomic E-state index is 0.217. The van der Waals surface area contributed by atoms with Crippen molar-refractivity contribution in [3.8, 4) is 34.3 Å². The fraction of sp³-hybridized carbons (Fsp3) is 0.300. The summed E-state index contributed by atoms with van der Waals surface area (Å²) in [4.78, 5) is 24.0. The highest BCUT2D eigenvalue weighted by atomic mass is 16.5. The molecule has 39 heavy (non-hydrogen) atoms. The van der Waals surface area contributed by atoms with Gasteiger partial charge in [0.25, 0.3) is 0 Å². The Hall–Kier alpha value is -4.39. The third kappa shape index (κ3) is 5.04. The Bertz CT molecular complexity index is 1540. The predicted octanol–water partition coefficient (Wildman–Crippen LogP) is 3.58. The Morgan fingerprint density at radius 1 is 1.10 bits per heavy atom. The molecule has 0 saturated carbocycles. The number of nitrogens with zero attached hydrogens (tertiary/aromatic N) is 4. The second-order valence-corrected chi connectivity index (χ2v) is 9.78. The van der Waals surface area contributed by atoms with E-state index in [0.717, 1.165) is 59.9 Å². The van der Waals surface area contributed by atoms with Crippen LogP contribution in [0.3, 0.4) is 0 Å². The lowest BCUT2D eigenvalue weighted by Crippen LogP contribution is -2.36. The van der Waals surface area contributed by atoms with Gasteiger partial charge in [-0.2, -0.15) is 5.26 Å². The zero-order valence-corrected chi connectivity index (χ0v) is 21.5. The molecule has 1 aromatic heterocycles. The van der Waals surface area contributed by atoms with Crippen molar-refractivity contribution in [2.24, 2.45) is 0 Å². The monoisotopic (exact) mass is 523 g/mol. The number of amides is 1. The molecule has 9 heteroatoms. The van der Waals surface area contributed by atoms with Crippen LogP contribution in [0.2, 0.25) is 0 Å². The van der Waals surface area contributed by atoms with Gasteiger partial charge in [-0.15, -0.1) is 0 Å². The Kier molecular flexibility index (Phi) is 6.88. The van der Waals surface area contributed by atoms with Crippen LogP contribution in [-0.2, 0) is 9.53 Å². The Balaban J connectivity index is 1.24. The zero-order valence-electron chi connectivity index (χ0n) is 21.5. The number of hydrogen-bond donors (Lipinski definition) is 2. The quantitative estimate of drug-likeness (QED) is 0.397. The van der Waals surface area contributed by atoms with Gasteiger partial charge in [0.2, 0.25) is 5.91 Å². The highest BCUT2D eigenvalue weighted by Gasteiger charge is 2.27. The van der Waals surface area contributed by atoms with Crippen molar-refractivity contribution >= 4 is 22.6 Å². The number of H-pyrrole nitrogens is 1. The number of carbonyl (C=O) groups is 1. The lowest BCUT2D eigenvalue weighted by atomic mass is 10.0. The minimum Gasteiger partial charge on any atom is -0.487 e. The van der Waals surface area contributed by atoms with Gasteiger partial charge in [0.15, 0.2) is 0 Å². The molecule has 2 aliphatic rings. The fourth-order valence-electron chi connectivity index (χ4n) is 5.27. The lowest BCUT2D eigenvalue weighted by molar-refractivity contribution is -0.133. The van der Waals surface area contributed by atoms with Gasteiger partial charge in [0.05, 0.1) is 36.4 Å². The van der Waals surface area contributed by atoms with E-state index in [2.05, 4.69) is 40.2 Å². The summed E-state index contributed by atoms with van der Waals surface area (Å²) in [5.74, 6) is 0.964. The van der Waals surface area contributed by atoms with Crippen molar-refractivity contribution in [1.29, 1.82) is 5.26 Å². The molecule has 1 amide bonds. The fourth-order valence-corrected chi connectivity index (χ4v) is 5.27. The molecule has 0 aliphatic carbocycles. The Morgan fingerprint density at radius 2 is 1.90 bits per heavy atom. The van der Waals surface area contributed by atoms with Gasteiger partial charge in [-0.1, -0.05) is 18.2 Å².